The van der Waals surface area contributed by atoms with Gasteiger partial charge in [0.15, 0.2) is 12.4 Å². The van der Waals surface area contributed by atoms with Crippen molar-refractivity contribution < 1.29 is 32.5 Å². The van der Waals surface area contributed by atoms with E-state index in [2.05, 4.69) is 4.74 Å². The first-order chi connectivity index (χ1) is 12.2. The van der Waals surface area contributed by atoms with Gasteiger partial charge in [0.2, 0.25) is 0 Å². The second-order valence-corrected chi connectivity index (χ2v) is 5.98. The molecule has 2 aromatic carbocycles. The first-order valence-corrected chi connectivity index (χ1v) is 8.23. The molecule has 0 aliphatic rings. The van der Waals surface area contributed by atoms with Crippen molar-refractivity contribution in [2.24, 2.45) is 0 Å². The third-order valence-electron chi connectivity index (χ3n) is 3.01. The minimum atomic E-state index is -4.38. The highest BCUT2D eigenvalue weighted by molar-refractivity contribution is 6.37. The van der Waals surface area contributed by atoms with E-state index >= 15 is 0 Å². The second kappa shape index (κ2) is 9.09. The number of alkyl halides is 3. The van der Waals surface area contributed by atoms with Gasteiger partial charge < -0.3 is 19.3 Å². The Morgan fingerprint density at radius 2 is 1.35 bits per heavy atom. The summed E-state index contributed by atoms with van der Waals surface area (Å²) in [6, 6.07) is 8.46. The zero-order valence-corrected chi connectivity index (χ0v) is 14.9. The monoisotopic (exact) mass is 410 g/mol. The molecule has 0 atom stereocenters. The predicted octanol–water partition coefficient (Wildman–Crippen LogP) is 5.49. The van der Waals surface area contributed by atoms with E-state index in [0.717, 1.165) is 0 Å². The Balaban J connectivity index is 1.72. The van der Waals surface area contributed by atoms with Gasteiger partial charge in [0.25, 0.3) is 0 Å². The summed E-state index contributed by atoms with van der Waals surface area (Å²) in [5, 5.41) is 9.74. The van der Waals surface area contributed by atoms with E-state index in [1.165, 1.54) is 36.4 Å². The maximum atomic E-state index is 12.1. The zero-order chi connectivity index (χ0) is 19.2. The maximum Gasteiger partial charge on any atom is 0.422 e. The molecule has 9 heteroatoms. The van der Waals surface area contributed by atoms with Crippen molar-refractivity contribution in [2.75, 3.05) is 19.8 Å². The van der Waals surface area contributed by atoms with Crippen LogP contribution in [0.1, 0.15) is 6.42 Å². The van der Waals surface area contributed by atoms with E-state index < -0.39 is 12.8 Å². The van der Waals surface area contributed by atoms with E-state index in [0.29, 0.717) is 18.8 Å². The van der Waals surface area contributed by atoms with Gasteiger partial charge in [-0.3, -0.25) is 0 Å². The lowest BCUT2D eigenvalue weighted by molar-refractivity contribution is -0.153. The molecule has 0 amide bonds. The molecule has 0 aliphatic carbocycles. The Kier molecular flexibility index (Phi) is 7.11. The molecule has 0 bridgehead atoms. The molecule has 0 unspecified atom stereocenters. The van der Waals surface area contributed by atoms with Crippen LogP contribution in [0.5, 0.6) is 23.0 Å². The van der Waals surface area contributed by atoms with Gasteiger partial charge in [-0.05, 0) is 24.3 Å². The number of hydrogen-bond acceptors (Lipinski definition) is 4. The van der Waals surface area contributed by atoms with Gasteiger partial charge in [0.1, 0.15) is 17.2 Å². The predicted molar refractivity (Wildman–Crippen MR) is 91.7 cm³/mol. The van der Waals surface area contributed by atoms with Gasteiger partial charge in [0.05, 0.1) is 23.3 Å². The molecule has 0 radical (unpaired) electrons. The summed E-state index contributed by atoms with van der Waals surface area (Å²) in [5.74, 6) is 0.815. The van der Waals surface area contributed by atoms with Crippen LogP contribution < -0.4 is 14.2 Å². The number of aromatic hydroxyl groups is 1. The quantitative estimate of drug-likeness (QED) is 0.584. The fourth-order valence-corrected chi connectivity index (χ4v) is 2.49. The third-order valence-corrected chi connectivity index (χ3v) is 3.57. The molecule has 1 N–H and O–H groups in total. The summed E-state index contributed by atoms with van der Waals surface area (Å²) in [7, 11) is 0. The zero-order valence-electron chi connectivity index (χ0n) is 13.4. The molecule has 0 aliphatic heterocycles. The van der Waals surface area contributed by atoms with Crippen LogP contribution in [0.2, 0.25) is 10.0 Å². The standard InChI is InChI=1S/C17H15Cl2F3O4/c18-14-8-11(23)9-15(19)16(14)25-7-1-6-24-12-2-4-13(5-3-12)26-10-17(20,21)22/h2-5,8-9,23H,1,6-7,10H2. The third kappa shape index (κ3) is 6.72. The van der Waals surface area contributed by atoms with Crippen molar-refractivity contribution in [1.29, 1.82) is 0 Å². The van der Waals surface area contributed by atoms with E-state index in [9.17, 15) is 18.3 Å². The van der Waals surface area contributed by atoms with Crippen LogP contribution >= 0.6 is 23.2 Å². The van der Waals surface area contributed by atoms with E-state index in [1.54, 1.807) is 0 Å². The molecule has 0 saturated heterocycles. The summed E-state index contributed by atoms with van der Waals surface area (Å²) in [6.45, 7) is -0.750. The number of halogens is 5. The fourth-order valence-electron chi connectivity index (χ4n) is 1.90. The smallest absolute Gasteiger partial charge is 0.422 e. The number of ether oxygens (including phenoxy) is 3. The van der Waals surface area contributed by atoms with Gasteiger partial charge in [0, 0.05) is 18.6 Å². The SMILES string of the molecule is Oc1cc(Cl)c(OCCCOc2ccc(OCC(F)(F)F)cc2)c(Cl)c1. The lowest BCUT2D eigenvalue weighted by Crippen LogP contribution is -2.19. The average molecular weight is 411 g/mol. The second-order valence-electron chi connectivity index (χ2n) is 5.16. The molecule has 2 rings (SSSR count). The van der Waals surface area contributed by atoms with Gasteiger partial charge in [-0.25, -0.2) is 0 Å². The number of phenols is 1. The van der Waals surface area contributed by atoms with Gasteiger partial charge in [-0.15, -0.1) is 0 Å². The fraction of sp³-hybridized carbons (Fsp3) is 0.294. The normalized spacial score (nSPS) is 11.3. The van der Waals surface area contributed by atoms with Crippen LogP contribution in [0.4, 0.5) is 13.2 Å². The summed E-state index contributed by atoms with van der Waals surface area (Å²) in [6.07, 6.45) is -3.86. The van der Waals surface area contributed by atoms with E-state index in [4.69, 9.17) is 32.7 Å². The van der Waals surface area contributed by atoms with Crippen LogP contribution in [0.25, 0.3) is 0 Å². The van der Waals surface area contributed by atoms with Crippen molar-refractivity contribution in [3.63, 3.8) is 0 Å². The molecule has 2 aromatic rings. The minimum absolute atomic E-state index is 0.0571. The van der Waals surface area contributed by atoms with Crippen LogP contribution in [0.15, 0.2) is 36.4 Å². The number of hydrogen-bond donors (Lipinski definition) is 1. The molecular weight excluding hydrogens is 396 g/mol. The van der Waals surface area contributed by atoms with Crippen molar-refractivity contribution in [1.82, 2.24) is 0 Å². The lowest BCUT2D eigenvalue weighted by atomic mass is 10.3. The first-order valence-electron chi connectivity index (χ1n) is 7.48. The number of benzene rings is 2. The Bertz CT molecular complexity index is 698. The van der Waals surface area contributed by atoms with Crippen LogP contribution in [0, 0.1) is 0 Å². The molecule has 0 heterocycles. The van der Waals surface area contributed by atoms with Crippen LogP contribution in [0.3, 0.4) is 0 Å². The summed E-state index contributed by atoms with van der Waals surface area (Å²) in [4.78, 5) is 0. The van der Waals surface area contributed by atoms with Crippen molar-refractivity contribution in [3.8, 4) is 23.0 Å². The van der Waals surface area contributed by atoms with E-state index in [-0.39, 0.29) is 33.9 Å². The largest absolute Gasteiger partial charge is 0.508 e. The van der Waals surface area contributed by atoms with E-state index in [1.807, 2.05) is 0 Å². The highest BCUT2D eigenvalue weighted by Crippen LogP contribution is 2.36. The molecule has 0 saturated carbocycles. The Morgan fingerprint density at radius 1 is 0.846 bits per heavy atom. The summed E-state index contributed by atoms with van der Waals surface area (Å²) >= 11 is 11.9. The van der Waals surface area contributed by atoms with Gasteiger partial charge in [-0.1, -0.05) is 23.2 Å². The minimum Gasteiger partial charge on any atom is -0.508 e. The molecular formula is C17H15Cl2F3O4. The summed E-state index contributed by atoms with van der Waals surface area (Å²) in [5.41, 5.74) is 0. The molecule has 0 aromatic heterocycles. The molecule has 0 spiro atoms. The Hall–Kier alpha value is -1.99. The maximum absolute atomic E-state index is 12.1. The molecule has 4 nitrogen and oxygen atoms in total. The number of phenolic OH excluding ortho intramolecular Hbond substituents is 1. The van der Waals surface area contributed by atoms with Crippen molar-refractivity contribution in [3.05, 3.63) is 46.4 Å². The molecule has 0 fully saturated rings. The number of rotatable bonds is 8. The molecule has 142 valence electrons. The first kappa shape index (κ1) is 20.3. The lowest BCUT2D eigenvalue weighted by Gasteiger charge is -2.12. The van der Waals surface area contributed by atoms with Crippen molar-refractivity contribution >= 4 is 23.2 Å². The van der Waals surface area contributed by atoms with Gasteiger partial charge in [-0.2, -0.15) is 13.2 Å². The van der Waals surface area contributed by atoms with Crippen LogP contribution in [-0.2, 0) is 0 Å². The Labute approximate surface area is 158 Å². The highest BCUT2D eigenvalue weighted by Gasteiger charge is 2.28. The van der Waals surface area contributed by atoms with Crippen molar-refractivity contribution in [2.45, 2.75) is 12.6 Å². The Morgan fingerprint density at radius 3 is 1.88 bits per heavy atom. The highest BCUT2D eigenvalue weighted by atomic mass is 35.5. The van der Waals surface area contributed by atoms with Gasteiger partial charge >= 0.3 is 6.18 Å². The molecule has 26 heavy (non-hydrogen) atoms. The van der Waals surface area contributed by atoms with Crippen LogP contribution in [-0.4, -0.2) is 31.1 Å². The topological polar surface area (TPSA) is 47.9 Å². The summed E-state index contributed by atoms with van der Waals surface area (Å²) < 4.78 is 51.7. The average Bonchev–Trinajstić information content (AvgIpc) is 2.55.